The molecule has 0 saturated heterocycles. The van der Waals surface area contributed by atoms with Gasteiger partial charge in [0.05, 0.1) is 23.7 Å². The van der Waals surface area contributed by atoms with Gasteiger partial charge >= 0.3 is 5.97 Å². The fraction of sp³-hybridized carbons (Fsp3) is 0.417. The van der Waals surface area contributed by atoms with Crippen LogP contribution in [0.5, 0.6) is 0 Å². The first-order chi connectivity index (χ1) is 7.89. The molecule has 0 N–H and O–H groups in total. The van der Waals surface area contributed by atoms with Crippen LogP contribution in [-0.4, -0.2) is 26.7 Å². The molecule has 1 atom stereocenters. The van der Waals surface area contributed by atoms with Crippen molar-refractivity contribution in [2.45, 2.75) is 30.4 Å². The summed E-state index contributed by atoms with van der Waals surface area (Å²) in [5.41, 5.74) is 0.684. The van der Waals surface area contributed by atoms with Crippen molar-refractivity contribution < 1.29 is 17.9 Å². The molecule has 0 saturated carbocycles. The van der Waals surface area contributed by atoms with E-state index in [9.17, 15) is 13.2 Å². The van der Waals surface area contributed by atoms with Crippen LogP contribution in [0.25, 0.3) is 0 Å². The molecule has 0 aliphatic carbocycles. The van der Waals surface area contributed by atoms with Gasteiger partial charge in [0.1, 0.15) is 0 Å². The van der Waals surface area contributed by atoms with Crippen molar-refractivity contribution in [1.29, 1.82) is 0 Å². The largest absolute Gasteiger partial charge is 0.469 e. The van der Waals surface area contributed by atoms with E-state index in [4.69, 9.17) is 0 Å². The van der Waals surface area contributed by atoms with Crippen LogP contribution in [0.2, 0.25) is 0 Å². The van der Waals surface area contributed by atoms with Crippen molar-refractivity contribution in [2.24, 2.45) is 0 Å². The molecule has 1 rings (SSSR count). The number of esters is 1. The van der Waals surface area contributed by atoms with Crippen molar-refractivity contribution in [2.75, 3.05) is 7.11 Å². The molecule has 94 valence electrons. The molecule has 1 aromatic rings. The van der Waals surface area contributed by atoms with E-state index in [1.54, 1.807) is 31.2 Å². The standard InChI is InChI=1S/C12H16O4S/c1-9-6-4-5-7-11(9)17(14,15)10(2)8-12(13)16-3/h4-7,10H,8H2,1-3H3. The summed E-state index contributed by atoms with van der Waals surface area (Å²) in [6.07, 6.45) is -0.132. The molecule has 0 fully saturated rings. The van der Waals surface area contributed by atoms with Gasteiger partial charge in [-0.15, -0.1) is 0 Å². The second-order valence-corrected chi connectivity index (χ2v) is 6.24. The quantitative estimate of drug-likeness (QED) is 0.770. The van der Waals surface area contributed by atoms with Crippen molar-refractivity contribution >= 4 is 15.8 Å². The van der Waals surface area contributed by atoms with Crippen molar-refractivity contribution in [3.8, 4) is 0 Å². The van der Waals surface area contributed by atoms with E-state index in [1.807, 2.05) is 0 Å². The fourth-order valence-electron chi connectivity index (χ4n) is 1.52. The number of hydrogen-bond acceptors (Lipinski definition) is 4. The predicted molar refractivity (Wildman–Crippen MR) is 64.5 cm³/mol. The summed E-state index contributed by atoms with van der Waals surface area (Å²) in [6, 6.07) is 6.74. The Morgan fingerprint density at radius 2 is 1.94 bits per heavy atom. The first kappa shape index (κ1) is 13.7. The van der Waals surface area contributed by atoms with Crippen LogP contribution in [0.3, 0.4) is 0 Å². The zero-order valence-corrected chi connectivity index (χ0v) is 11.0. The van der Waals surface area contributed by atoms with Gasteiger partial charge in [0, 0.05) is 0 Å². The predicted octanol–water partition coefficient (Wildman–Crippen LogP) is 1.72. The molecule has 4 nitrogen and oxygen atoms in total. The van der Waals surface area contributed by atoms with Crippen LogP contribution in [0.15, 0.2) is 29.2 Å². The molecule has 0 aliphatic rings. The second-order valence-electron chi connectivity index (χ2n) is 3.90. The Hall–Kier alpha value is -1.36. The molecule has 0 aromatic heterocycles. The Labute approximate surface area is 102 Å². The molecule has 0 amide bonds. The van der Waals surface area contributed by atoms with E-state index >= 15 is 0 Å². The summed E-state index contributed by atoms with van der Waals surface area (Å²) in [6.45, 7) is 3.25. The lowest BCUT2D eigenvalue weighted by molar-refractivity contribution is -0.140. The maximum Gasteiger partial charge on any atom is 0.306 e. The van der Waals surface area contributed by atoms with Crippen LogP contribution in [0.4, 0.5) is 0 Å². The first-order valence-electron chi connectivity index (χ1n) is 5.26. The molecule has 1 aromatic carbocycles. The van der Waals surface area contributed by atoms with E-state index in [0.717, 1.165) is 0 Å². The number of rotatable bonds is 4. The summed E-state index contributed by atoms with van der Waals surface area (Å²) in [5.74, 6) is -0.519. The number of carbonyl (C=O) groups excluding carboxylic acids is 1. The summed E-state index contributed by atoms with van der Waals surface area (Å²) in [5, 5.41) is -0.781. The minimum atomic E-state index is -3.48. The van der Waals surface area contributed by atoms with Crippen LogP contribution in [-0.2, 0) is 19.4 Å². The zero-order chi connectivity index (χ0) is 13.1. The maximum absolute atomic E-state index is 12.2. The number of hydrogen-bond donors (Lipinski definition) is 0. The molecular formula is C12H16O4S. The van der Waals surface area contributed by atoms with Crippen LogP contribution in [0, 0.1) is 6.92 Å². The normalized spacial score (nSPS) is 13.1. The van der Waals surface area contributed by atoms with E-state index in [0.29, 0.717) is 5.56 Å². The Morgan fingerprint density at radius 3 is 2.47 bits per heavy atom. The van der Waals surface area contributed by atoms with Crippen molar-refractivity contribution in [1.82, 2.24) is 0 Å². The van der Waals surface area contributed by atoms with Gasteiger partial charge in [-0.2, -0.15) is 0 Å². The van der Waals surface area contributed by atoms with Crippen LogP contribution < -0.4 is 0 Å². The SMILES string of the molecule is COC(=O)CC(C)S(=O)(=O)c1ccccc1C. The summed E-state index contributed by atoms with van der Waals surface area (Å²) >= 11 is 0. The third-order valence-corrected chi connectivity index (χ3v) is 4.91. The van der Waals surface area contributed by atoms with Gasteiger partial charge < -0.3 is 4.74 Å². The summed E-state index contributed by atoms with van der Waals surface area (Å²) < 4.78 is 28.9. The number of ether oxygens (including phenoxy) is 1. The Bertz CT molecular complexity index is 505. The number of sulfone groups is 1. The van der Waals surface area contributed by atoms with Gasteiger partial charge in [-0.3, -0.25) is 4.79 Å². The molecular weight excluding hydrogens is 240 g/mol. The lowest BCUT2D eigenvalue weighted by Gasteiger charge is -2.13. The van der Waals surface area contributed by atoms with Gasteiger partial charge in [-0.05, 0) is 25.5 Å². The monoisotopic (exact) mass is 256 g/mol. The Kier molecular flexibility index (Phi) is 4.28. The molecule has 0 heterocycles. The minimum Gasteiger partial charge on any atom is -0.469 e. The lowest BCUT2D eigenvalue weighted by atomic mass is 10.2. The Balaban J connectivity index is 3.04. The highest BCUT2D eigenvalue weighted by molar-refractivity contribution is 7.92. The molecule has 0 bridgehead atoms. The van der Waals surface area contributed by atoms with E-state index in [1.165, 1.54) is 14.0 Å². The van der Waals surface area contributed by atoms with Gasteiger partial charge in [0.15, 0.2) is 9.84 Å². The Morgan fingerprint density at radius 1 is 1.35 bits per heavy atom. The summed E-state index contributed by atoms with van der Waals surface area (Å²) in [7, 11) is -2.23. The zero-order valence-electron chi connectivity index (χ0n) is 10.1. The van der Waals surface area contributed by atoms with Crippen LogP contribution in [0.1, 0.15) is 18.9 Å². The van der Waals surface area contributed by atoms with Gasteiger partial charge in [0.25, 0.3) is 0 Å². The average molecular weight is 256 g/mol. The third-order valence-electron chi connectivity index (χ3n) is 2.61. The highest BCUT2D eigenvalue weighted by Gasteiger charge is 2.27. The van der Waals surface area contributed by atoms with E-state index < -0.39 is 21.1 Å². The minimum absolute atomic E-state index is 0.132. The third kappa shape index (κ3) is 3.06. The van der Waals surface area contributed by atoms with Crippen molar-refractivity contribution in [3.05, 3.63) is 29.8 Å². The fourth-order valence-corrected chi connectivity index (χ4v) is 3.09. The van der Waals surface area contributed by atoms with E-state index in [-0.39, 0.29) is 11.3 Å². The first-order valence-corrected chi connectivity index (χ1v) is 6.80. The van der Waals surface area contributed by atoms with Crippen molar-refractivity contribution in [3.63, 3.8) is 0 Å². The number of benzene rings is 1. The van der Waals surface area contributed by atoms with E-state index in [2.05, 4.69) is 4.74 Å². The van der Waals surface area contributed by atoms with Gasteiger partial charge in [-0.1, -0.05) is 18.2 Å². The number of carbonyl (C=O) groups is 1. The molecule has 17 heavy (non-hydrogen) atoms. The molecule has 1 unspecified atom stereocenters. The van der Waals surface area contributed by atoms with Crippen LogP contribution >= 0.6 is 0 Å². The molecule has 0 radical (unpaired) electrons. The smallest absolute Gasteiger partial charge is 0.306 e. The molecule has 0 aliphatic heterocycles. The maximum atomic E-state index is 12.2. The average Bonchev–Trinajstić information content (AvgIpc) is 2.29. The molecule has 0 spiro atoms. The number of methoxy groups -OCH3 is 1. The highest BCUT2D eigenvalue weighted by Crippen LogP contribution is 2.21. The highest BCUT2D eigenvalue weighted by atomic mass is 32.2. The number of aryl methyl sites for hydroxylation is 1. The second kappa shape index (κ2) is 5.31. The summed E-state index contributed by atoms with van der Waals surface area (Å²) in [4.78, 5) is 11.4. The lowest BCUT2D eigenvalue weighted by Crippen LogP contribution is -2.22. The topological polar surface area (TPSA) is 60.4 Å². The molecule has 5 heteroatoms. The van der Waals surface area contributed by atoms with Gasteiger partial charge in [-0.25, -0.2) is 8.42 Å². The van der Waals surface area contributed by atoms with Gasteiger partial charge in [0.2, 0.25) is 0 Å².